The molecule has 0 fully saturated rings. The molecular weight excluding hydrogens is 771 g/mol. The number of rotatable bonds is 11. The highest BCUT2D eigenvalue weighted by Gasteiger charge is 2.24. The quantitative estimate of drug-likeness (QED) is 0.0483. The second-order valence-corrected chi connectivity index (χ2v) is 13.2. The molecule has 56 heavy (non-hydrogen) atoms. The largest absolute Gasteiger partial charge is 0.772 e. The Labute approximate surface area is 333 Å². The van der Waals surface area contributed by atoms with E-state index in [0.717, 1.165) is 66.7 Å². The predicted octanol–water partition coefficient (Wildman–Crippen LogP) is 5.58. The number of halogens is 2. The summed E-state index contributed by atoms with van der Waals surface area (Å²) >= 11 is 2.08. The van der Waals surface area contributed by atoms with Gasteiger partial charge in [-0.15, -0.1) is 0 Å². The Morgan fingerprint density at radius 1 is 0.875 bits per heavy atom. The number of hydrogen-bond acceptors (Lipinski definition) is 11. The average molecular weight is 822 g/mol. The number of aliphatic imine (C=N–C) groups is 1. The number of urea groups is 1. The van der Waals surface area contributed by atoms with Gasteiger partial charge in [-0.2, -0.15) is 17.6 Å². The maximum absolute atomic E-state index is 14.2. The highest BCUT2D eigenvalue weighted by Crippen LogP contribution is 2.41. The van der Waals surface area contributed by atoms with E-state index in [-0.39, 0.29) is 34.5 Å². The van der Waals surface area contributed by atoms with Gasteiger partial charge in [-0.1, -0.05) is 11.1 Å². The number of fused-ring (bicyclic) bond motifs is 2. The molecule has 1 unspecified atom stereocenters. The molecule has 6 rings (SSSR count). The number of nitrogens with two attached hydrogens (primary N) is 1. The van der Waals surface area contributed by atoms with Crippen molar-refractivity contribution in [2.75, 3.05) is 44.3 Å². The number of hydrogen-bond donors (Lipinski definition) is 4. The maximum Gasteiger partial charge on any atom is 0.316 e. The number of pyridine rings is 2. The van der Waals surface area contributed by atoms with Crippen molar-refractivity contribution in [3.63, 3.8) is 0 Å². The van der Waals surface area contributed by atoms with Gasteiger partial charge in [-0.25, -0.2) is 18.4 Å². The molecule has 10 N–H and O–H groups in total. The van der Waals surface area contributed by atoms with Crippen LogP contribution in [-0.4, -0.2) is 80.7 Å². The van der Waals surface area contributed by atoms with Crippen molar-refractivity contribution in [2.24, 2.45) is 10.7 Å². The lowest BCUT2D eigenvalue weighted by Crippen LogP contribution is -2.21. The molecule has 2 heterocycles. The molecular formula is C38H51F2N6O8S2-. The lowest BCUT2D eigenvalue weighted by Gasteiger charge is -2.15. The molecule has 0 radical (unpaired) electrons. The summed E-state index contributed by atoms with van der Waals surface area (Å²) in [6.07, 6.45) is 14.5. The predicted molar refractivity (Wildman–Crippen MR) is 217 cm³/mol. The number of methoxy groups -OCH3 is 2. The van der Waals surface area contributed by atoms with Gasteiger partial charge in [0.25, 0.3) is 0 Å². The van der Waals surface area contributed by atoms with Crippen molar-refractivity contribution in [1.29, 1.82) is 0 Å². The Bertz CT molecular complexity index is 1850. The van der Waals surface area contributed by atoms with Gasteiger partial charge >= 0.3 is 6.03 Å². The number of nitrogens with zero attached hydrogens (tertiary/aromatic N) is 3. The Kier molecular flexibility index (Phi) is 25.7. The molecule has 2 amide bonds. The zero-order valence-corrected chi connectivity index (χ0v) is 33.2. The average Bonchev–Trinajstić information content (AvgIpc) is 3.87. The minimum Gasteiger partial charge on any atom is -0.772 e. The summed E-state index contributed by atoms with van der Waals surface area (Å²) in [7, 11) is 3.25. The maximum atomic E-state index is 14.2. The molecule has 2 aromatic carbocycles. The van der Waals surface area contributed by atoms with Gasteiger partial charge in [0.1, 0.15) is 11.6 Å². The highest BCUT2D eigenvalue weighted by molar-refractivity contribution is 7.80. The Morgan fingerprint density at radius 3 is 1.80 bits per heavy atom. The molecule has 0 aliphatic heterocycles. The Balaban J connectivity index is 0.000000783. The first kappa shape index (κ1) is 51.5. The molecule has 1 atom stereocenters. The van der Waals surface area contributed by atoms with Crippen LogP contribution in [0.25, 0.3) is 22.3 Å². The van der Waals surface area contributed by atoms with Crippen molar-refractivity contribution in [2.45, 2.75) is 51.4 Å². The van der Waals surface area contributed by atoms with Crippen LogP contribution in [0.15, 0.2) is 66.2 Å². The van der Waals surface area contributed by atoms with Gasteiger partial charge in [0, 0.05) is 69.1 Å². The molecule has 308 valence electrons. The summed E-state index contributed by atoms with van der Waals surface area (Å²) in [6.45, 7) is 1.36. The van der Waals surface area contributed by atoms with Gasteiger partial charge in [0.15, 0.2) is 0 Å². The second-order valence-electron chi connectivity index (χ2n) is 11.7. The first-order valence-electron chi connectivity index (χ1n) is 16.9. The van der Waals surface area contributed by atoms with Crippen molar-refractivity contribution in [3.8, 4) is 22.3 Å². The number of carbonyl (C=O) groups is 1. The SMILES string of the molecule is COCCCS.COCCCS(=O)[O-].N.NC(=O)Nc1c(-c2ccncc2)cc(F)c2c1CCC2.O.O.O=C=Nc1c(-c2ccncc2)cc(F)c2c1CCC2. The smallest absolute Gasteiger partial charge is 0.316 e. The van der Waals surface area contributed by atoms with Crippen LogP contribution in [0.5, 0.6) is 0 Å². The van der Waals surface area contributed by atoms with Crippen molar-refractivity contribution >= 4 is 47.2 Å². The van der Waals surface area contributed by atoms with Crippen molar-refractivity contribution < 1.29 is 47.6 Å². The van der Waals surface area contributed by atoms with E-state index in [2.05, 4.69) is 37.6 Å². The number of benzene rings is 2. The molecule has 0 saturated carbocycles. The number of isocyanates is 1. The first-order chi connectivity index (χ1) is 25.7. The summed E-state index contributed by atoms with van der Waals surface area (Å²) in [4.78, 5) is 33.6. The van der Waals surface area contributed by atoms with E-state index in [0.29, 0.717) is 59.5 Å². The van der Waals surface area contributed by atoms with Crippen LogP contribution in [0.2, 0.25) is 0 Å². The monoisotopic (exact) mass is 821 g/mol. The number of primary amides is 1. The minimum atomic E-state index is -1.90. The third kappa shape index (κ3) is 15.6. The third-order valence-electron chi connectivity index (χ3n) is 8.22. The fourth-order valence-corrected chi connectivity index (χ4v) is 6.41. The number of carbonyl (C=O) groups excluding carboxylic acids is 2. The summed E-state index contributed by atoms with van der Waals surface area (Å²) in [5.74, 6) is 0.685. The van der Waals surface area contributed by atoms with E-state index in [1.165, 1.54) is 12.1 Å². The Hall–Kier alpha value is -4.49. The van der Waals surface area contributed by atoms with E-state index < -0.39 is 17.1 Å². The van der Waals surface area contributed by atoms with Gasteiger partial charge in [-0.05, 0) is 127 Å². The van der Waals surface area contributed by atoms with Gasteiger partial charge in [0.2, 0.25) is 6.08 Å². The minimum absolute atomic E-state index is 0. The molecule has 2 aliphatic carbocycles. The van der Waals surface area contributed by atoms with E-state index in [1.54, 1.807) is 69.4 Å². The van der Waals surface area contributed by atoms with Crippen LogP contribution in [0.4, 0.5) is 25.0 Å². The van der Waals surface area contributed by atoms with Gasteiger partial charge in [-0.3, -0.25) is 14.2 Å². The number of anilines is 1. The summed E-state index contributed by atoms with van der Waals surface area (Å²) in [6, 6.07) is 9.39. The zero-order valence-electron chi connectivity index (χ0n) is 31.4. The number of nitrogens with one attached hydrogen (secondary N) is 1. The molecule has 14 nitrogen and oxygen atoms in total. The van der Waals surface area contributed by atoms with Crippen LogP contribution in [0, 0.1) is 11.6 Å². The van der Waals surface area contributed by atoms with Crippen molar-refractivity contribution in [1.82, 2.24) is 16.1 Å². The summed E-state index contributed by atoms with van der Waals surface area (Å²) in [5, 5.41) is 2.65. The number of ether oxygens (including phenoxy) is 2. The lowest BCUT2D eigenvalue weighted by molar-refractivity contribution is 0.199. The fourth-order valence-electron chi connectivity index (χ4n) is 5.93. The van der Waals surface area contributed by atoms with Crippen LogP contribution >= 0.6 is 12.6 Å². The van der Waals surface area contributed by atoms with E-state index in [9.17, 15) is 27.1 Å². The van der Waals surface area contributed by atoms with Gasteiger partial charge < -0.3 is 42.2 Å². The molecule has 0 bridgehead atoms. The summed E-state index contributed by atoms with van der Waals surface area (Å²) in [5.41, 5.74) is 12.4. The van der Waals surface area contributed by atoms with Gasteiger partial charge in [0.05, 0.1) is 11.4 Å². The molecule has 4 aromatic rings. The van der Waals surface area contributed by atoms with Crippen LogP contribution in [0.3, 0.4) is 0 Å². The number of aromatic nitrogens is 2. The molecule has 0 spiro atoms. The van der Waals surface area contributed by atoms with E-state index in [1.807, 2.05) is 0 Å². The number of amides is 2. The lowest BCUT2D eigenvalue weighted by atomic mass is 9.97. The first-order valence-corrected chi connectivity index (χ1v) is 18.8. The van der Waals surface area contributed by atoms with E-state index >= 15 is 0 Å². The number of thiol groups is 1. The van der Waals surface area contributed by atoms with Crippen LogP contribution < -0.4 is 17.2 Å². The topological polar surface area (TPSA) is 267 Å². The highest BCUT2D eigenvalue weighted by atomic mass is 32.2. The normalized spacial score (nSPS) is 12.0. The van der Waals surface area contributed by atoms with Crippen LogP contribution in [-0.2, 0) is 51.0 Å². The Morgan fingerprint density at radius 2 is 1.34 bits per heavy atom. The zero-order chi connectivity index (χ0) is 38.6. The van der Waals surface area contributed by atoms with E-state index in [4.69, 9.17) is 10.5 Å². The van der Waals surface area contributed by atoms with Crippen LogP contribution in [0.1, 0.15) is 47.9 Å². The standard InChI is InChI=1S/C15H14FN3O.C15H11FN2O.C4H10O3S.C4H10OS.H3N.2H2O/c16-13-8-12(9-4-6-18-7-5-9)14(19-15(17)20)11-3-1-2-10(11)13;16-14-8-13(10-4-6-17-7-5-10)15(18-9-19)12-3-1-2-11(12)14;1-7-3-2-4-8(5)6;1-5-3-2-4-6;;;/h4-8H,1-3H2,(H3,17,19,20);4-8H,1-3H2;2-4H2,1H3,(H,5,6);6H,2-4H2,1H3;1H3;2*1H2/p-1. The van der Waals surface area contributed by atoms with Crippen molar-refractivity contribution in [3.05, 3.63) is 95.1 Å². The molecule has 2 aliphatic rings. The fraction of sp³-hybridized carbons (Fsp3) is 0.368. The molecule has 0 saturated heterocycles. The molecule has 2 aromatic heterocycles. The second kappa shape index (κ2) is 28.0. The summed E-state index contributed by atoms with van der Waals surface area (Å²) < 4.78 is 57.3. The molecule has 18 heteroatoms. The third-order valence-corrected chi connectivity index (χ3v) is 9.16.